The minimum Gasteiger partial charge on any atom is -0.467 e. The zero-order valence-electron chi connectivity index (χ0n) is 14.6. The summed E-state index contributed by atoms with van der Waals surface area (Å²) in [5.41, 5.74) is -0.309. The second-order valence-corrected chi connectivity index (χ2v) is 5.66. The van der Waals surface area contributed by atoms with Crippen LogP contribution in [0.5, 0.6) is 6.01 Å². The fourth-order valence-electron chi connectivity index (χ4n) is 2.49. The molecule has 0 radical (unpaired) electrons. The molecule has 10 nitrogen and oxygen atoms in total. The monoisotopic (exact) mass is 360 g/mol. The molecule has 1 aliphatic heterocycles. The summed E-state index contributed by atoms with van der Waals surface area (Å²) in [5.74, 6) is 0.331. The van der Waals surface area contributed by atoms with Gasteiger partial charge in [0.2, 0.25) is 5.95 Å². The highest BCUT2D eigenvalue weighted by Crippen LogP contribution is 2.13. The first-order valence-electron chi connectivity index (χ1n) is 8.14. The van der Waals surface area contributed by atoms with E-state index in [1.165, 1.54) is 17.7 Å². The topological polar surface area (TPSA) is 111 Å². The number of methoxy groups -OCH3 is 1. The van der Waals surface area contributed by atoms with E-state index >= 15 is 0 Å². The Morgan fingerprint density at radius 1 is 1.31 bits per heavy atom. The Morgan fingerprint density at radius 2 is 2.08 bits per heavy atom. The molecule has 0 bridgehead atoms. The molecule has 0 aromatic carbocycles. The zero-order chi connectivity index (χ0) is 18.5. The Labute approximate surface area is 149 Å². The number of ether oxygens (including phenoxy) is 2. The van der Waals surface area contributed by atoms with Crippen molar-refractivity contribution in [3.8, 4) is 6.01 Å². The lowest BCUT2D eigenvalue weighted by Crippen LogP contribution is -2.38. The lowest BCUT2D eigenvalue weighted by molar-refractivity contribution is 0.0947. The number of rotatable bonds is 5. The van der Waals surface area contributed by atoms with Gasteiger partial charge in [-0.25, -0.2) is 0 Å². The van der Waals surface area contributed by atoms with Crippen LogP contribution < -0.4 is 20.5 Å². The molecule has 3 heterocycles. The number of nitrogens with one attached hydrogen (secondary N) is 1. The highest BCUT2D eigenvalue weighted by Gasteiger charge is 2.18. The van der Waals surface area contributed by atoms with Gasteiger partial charge in [0.15, 0.2) is 5.82 Å². The molecule has 0 atom stereocenters. The van der Waals surface area contributed by atoms with E-state index in [0.29, 0.717) is 38.1 Å². The van der Waals surface area contributed by atoms with Gasteiger partial charge in [0, 0.05) is 26.3 Å². The van der Waals surface area contributed by atoms with Crippen molar-refractivity contribution in [2.24, 2.45) is 7.05 Å². The molecule has 0 aliphatic carbocycles. The molecule has 1 N–H and O–H groups in total. The minimum atomic E-state index is -0.487. The molecule has 0 saturated carbocycles. The highest BCUT2D eigenvalue weighted by atomic mass is 16.5. The number of aromatic nitrogens is 4. The van der Waals surface area contributed by atoms with Crippen molar-refractivity contribution >= 4 is 11.9 Å². The zero-order valence-corrected chi connectivity index (χ0v) is 14.6. The number of aryl methyl sites for hydroxylation is 1. The number of pyridine rings is 1. The Balaban J connectivity index is 1.75. The van der Waals surface area contributed by atoms with E-state index in [1.807, 2.05) is 4.90 Å². The van der Waals surface area contributed by atoms with Crippen LogP contribution in [0.15, 0.2) is 23.1 Å². The third-order valence-corrected chi connectivity index (χ3v) is 3.90. The molecule has 1 amide bonds. The Morgan fingerprint density at radius 3 is 2.81 bits per heavy atom. The Kier molecular flexibility index (Phi) is 5.42. The molecular formula is C16H20N6O4. The normalized spacial score (nSPS) is 14.2. The molecule has 138 valence electrons. The van der Waals surface area contributed by atoms with Crippen molar-refractivity contribution in [2.75, 3.05) is 38.3 Å². The Hall–Kier alpha value is -3.01. The van der Waals surface area contributed by atoms with Crippen molar-refractivity contribution < 1.29 is 14.3 Å². The number of hydrogen-bond donors (Lipinski definition) is 1. The first-order valence-corrected chi connectivity index (χ1v) is 8.14. The molecular weight excluding hydrogens is 340 g/mol. The summed E-state index contributed by atoms with van der Waals surface area (Å²) in [6.07, 6.45) is 1.59. The summed E-state index contributed by atoms with van der Waals surface area (Å²) in [5, 5.41) is 2.66. The van der Waals surface area contributed by atoms with Gasteiger partial charge in [-0.05, 0) is 12.1 Å². The molecule has 2 aromatic rings. The van der Waals surface area contributed by atoms with Gasteiger partial charge in [-0.2, -0.15) is 15.0 Å². The number of amides is 1. The van der Waals surface area contributed by atoms with Gasteiger partial charge in [0.25, 0.3) is 11.5 Å². The van der Waals surface area contributed by atoms with E-state index in [4.69, 9.17) is 9.47 Å². The summed E-state index contributed by atoms with van der Waals surface area (Å²) >= 11 is 0. The van der Waals surface area contributed by atoms with Gasteiger partial charge >= 0.3 is 6.01 Å². The van der Waals surface area contributed by atoms with Crippen LogP contribution in [0.3, 0.4) is 0 Å². The summed E-state index contributed by atoms with van der Waals surface area (Å²) in [7, 11) is 3.05. The smallest absolute Gasteiger partial charge is 0.321 e. The summed E-state index contributed by atoms with van der Waals surface area (Å²) in [6.45, 7) is 2.57. The molecule has 2 aromatic heterocycles. The van der Waals surface area contributed by atoms with Crippen molar-refractivity contribution in [3.63, 3.8) is 0 Å². The number of carbonyl (C=O) groups is 1. The van der Waals surface area contributed by atoms with Gasteiger partial charge in [-0.15, -0.1) is 0 Å². The number of carbonyl (C=O) groups excluding carboxylic acids is 1. The molecule has 26 heavy (non-hydrogen) atoms. The van der Waals surface area contributed by atoms with E-state index in [-0.39, 0.29) is 23.7 Å². The van der Waals surface area contributed by atoms with Crippen LogP contribution in [0.1, 0.15) is 16.2 Å². The van der Waals surface area contributed by atoms with Crippen molar-refractivity contribution in [1.29, 1.82) is 0 Å². The van der Waals surface area contributed by atoms with Crippen LogP contribution in [0.4, 0.5) is 5.95 Å². The number of hydrogen-bond acceptors (Lipinski definition) is 8. The van der Waals surface area contributed by atoms with Crippen molar-refractivity contribution in [2.45, 2.75) is 6.54 Å². The van der Waals surface area contributed by atoms with E-state index < -0.39 is 5.91 Å². The van der Waals surface area contributed by atoms with Gasteiger partial charge in [-0.3, -0.25) is 9.59 Å². The molecule has 1 fully saturated rings. The fraction of sp³-hybridized carbons (Fsp3) is 0.438. The molecule has 1 aliphatic rings. The van der Waals surface area contributed by atoms with Crippen LogP contribution in [-0.4, -0.2) is 58.8 Å². The van der Waals surface area contributed by atoms with Gasteiger partial charge < -0.3 is 24.3 Å². The first-order chi connectivity index (χ1) is 12.6. The second kappa shape index (κ2) is 7.91. The number of anilines is 1. The first kappa shape index (κ1) is 17.8. The van der Waals surface area contributed by atoms with E-state index in [0.717, 1.165) is 0 Å². The van der Waals surface area contributed by atoms with Gasteiger partial charge in [0.05, 0.1) is 26.9 Å². The molecule has 3 rings (SSSR count). The van der Waals surface area contributed by atoms with E-state index in [1.54, 1.807) is 19.3 Å². The Bertz CT molecular complexity index is 847. The maximum Gasteiger partial charge on any atom is 0.321 e. The van der Waals surface area contributed by atoms with Crippen LogP contribution in [0.2, 0.25) is 0 Å². The van der Waals surface area contributed by atoms with Gasteiger partial charge in [-0.1, -0.05) is 0 Å². The van der Waals surface area contributed by atoms with Crippen molar-refractivity contribution in [3.05, 3.63) is 40.1 Å². The SMILES string of the molecule is COc1nc(CNC(=O)c2cccn(C)c2=O)nc(N2CCOCC2)n1. The predicted octanol–water partition coefficient (Wildman–Crippen LogP) is -0.654. The van der Waals surface area contributed by atoms with E-state index in [9.17, 15) is 9.59 Å². The van der Waals surface area contributed by atoms with Crippen LogP contribution in [-0.2, 0) is 18.3 Å². The standard InChI is InChI=1S/C16H20N6O4/c1-21-5-3-4-11(14(21)24)13(23)17-10-12-18-15(20-16(19-12)25-2)22-6-8-26-9-7-22/h3-5H,6-10H2,1-2H3,(H,17,23). The van der Waals surface area contributed by atoms with Crippen LogP contribution >= 0.6 is 0 Å². The van der Waals surface area contributed by atoms with Crippen LogP contribution in [0.25, 0.3) is 0 Å². The average molecular weight is 360 g/mol. The third-order valence-electron chi connectivity index (χ3n) is 3.90. The van der Waals surface area contributed by atoms with Crippen LogP contribution in [0, 0.1) is 0 Å². The number of morpholine rings is 1. The van der Waals surface area contributed by atoms with Crippen molar-refractivity contribution in [1.82, 2.24) is 24.8 Å². The summed E-state index contributed by atoms with van der Waals surface area (Å²) in [4.78, 5) is 39.0. The summed E-state index contributed by atoms with van der Waals surface area (Å²) in [6, 6.07) is 3.28. The largest absolute Gasteiger partial charge is 0.467 e. The third kappa shape index (κ3) is 3.97. The predicted molar refractivity (Wildman–Crippen MR) is 92.3 cm³/mol. The molecule has 0 unspecified atom stereocenters. The fourth-order valence-corrected chi connectivity index (χ4v) is 2.49. The summed E-state index contributed by atoms with van der Waals surface area (Å²) < 4.78 is 11.8. The second-order valence-electron chi connectivity index (χ2n) is 5.66. The lowest BCUT2D eigenvalue weighted by atomic mass is 10.2. The maximum absolute atomic E-state index is 12.3. The maximum atomic E-state index is 12.3. The number of nitrogens with zero attached hydrogens (tertiary/aromatic N) is 5. The molecule has 10 heteroatoms. The highest BCUT2D eigenvalue weighted by molar-refractivity contribution is 5.93. The quantitative estimate of drug-likeness (QED) is 0.748. The molecule has 1 saturated heterocycles. The average Bonchev–Trinajstić information content (AvgIpc) is 2.68. The van der Waals surface area contributed by atoms with Gasteiger partial charge in [0.1, 0.15) is 5.56 Å². The molecule has 0 spiro atoms. The lowest BCUT2D eigenvalue weighted by Gasteiger charge is -2.26. The minimum absolute atomic E-state index is 0.0487. The van der Waals surface area contributed by atoms with E-state index in [2.05, 4.69) is 20.3 Å².